The Morgan fingerprint density at radius 3 is 2.06 bits per heavy atom. The van der Waals surface area contributed by atoms with Gasteiger partial charge in [0.15, 0.2) is 0 Å². The van der Waals surface area contributed by atoms with Crippen molar-refractivity contribution in [2.24, 2.45) is 0 Å². The van der Waals surface area contributed by atoms with Crippen LogP contribution in [0, 0.1) is 0 Å². The monoisotopic (exact) mass is 256 g/mol. The molecule has 18 heavy (non-hydrogen) atoms. The molecule has 1 heterocycles. The molecule has 1 fully saturated rings. The lowest BCUT2D eigenvalue weighted by atomic mass is 10.2. The molecule has 5 heteroatoms. The van der Waals surface area contributed by atoms with E-state index < -0.39 is 0 Å². The van der Waals surface area contributed by atoms with Gasteiger partial charge in [0.05, 0.1) is 0 Å². The number of hydrogen-bond acceptors (Lipinski definition) is 3. The first-order valence-electron chi connectivity index (χ1n) is 6.89. The standard InChI is InChI=1S/C13H24N2O3/c1-2-7-14-9-10-15(13(18)12(14)17)8-5-3-4-6-11-16/h16H,2-11H2,1H3. The molecule has 0 aromatic heterocycles. The van der Waals surface area contributed by atoms with Gasteiger partial charge >= 0.3 is 11.8 Å². The van der Waals surface area contributed by atoms with Crippen molar-refractivity contribution in [2.45, 2.75) is 39.0 Å². The molecule has 0 unspecified atom stereocenters. The van der Waals surface area contributed by atoms with Gasteiger partial charge in [-0.2, -0.15) is 0 Å². The van der Waals surface area contributed by atoms with Crippen LogP contribution in [0.1, 0.15) is 39.0 Å². The summed E-state index contributed by atoms with van der Waals surface area (Å²) in [6.45, 7) is 4.89. The number of carbonyl (C=O) groups is 2. The highest BCUT2D eigenvalue weighted by atomic mass is 16.3. The van der Waals surface area contributed by atoms with Crippen molar-refractivity contribution in [3.05, 3.63) is 0 Å². The van der Waals surface area contributed by atoms with E-state index in [2.05, 4.69) is 0 Å². The maximum absolute atomic E-state index is 11.8. The first-order valence-corrected chi connectivity index (χ1v) is 6.89. The van der Waals surface area contributed by atoms with Crippen LogP contribution >= 0.6 is 0 Å². The van der Waals surface area contributed by atoms with E-state index in [1.165, 1.54) is 0 Å². The van der Waals surface area contributed by atoms with Crippen LogP contribution in [0.5, 0.6) is 0 Å². The molecule has 1 aliphatic heterocycles. The van der Waals surface area contributed by atoms with E-state index in [1.54, 1.807) is 9.80 Å². The molecule has 5 nitrogen and oxygen atoms in total. The first kappa shape index (κ1) is 15.0. The summed E-state index contributed by atoms with van der Waals surface area (Å²) >= 11 is 0. The maximum Gasteiger partial charge on any atom is 0.312 e. The molecule has 0 aromatic rings. The Morgan fingerprint density at radius 2 is 1.50 bits per heavy atom. The highest BCUT2D eigenvalue weighted by molar-refractivity contribution is 6.35. The highest BCUT2D eigenvalue weighted by Crippen LogP contribution is 2.08. The summed E-state index contributed by atoms with van der Waals surface area (Å²) in [6, 6.07) is 0. The average Bonchev–Trinajstić information content (AvgIpc) is 2.37. The summed E-state index contributed by atoms with van der Waals surface area (Å²) < 4.78 is 0. The Labute approximate surface area is 109 Å². The molecule has 1 rings (SSSR count). The molecule has 1 N–H and O–H groups in total. The molecule has 0 saturated carbocycles. The van der Waals surface area contributed by atoms with Crippen LogP contribution in [0.2, 0.25) is 0 Å². The van der Waals surface area contributed by atoms with Gasteiger partial charge in [0.25, 0.3) is 0 Å². The molecular weight excluding hydrogens is 232 g/mol. The van der Waals surface area contributed by atoms with Crippen LogP contribution in [0.15, 0.2) is 0 Å². The summed E-state index contributed by atoms with van der Waals surface area (Å²) in [6.07, 6.45) is 4.59. The van der Waals surface area contributed by atoms with Gasteiger partial charge in [-0.25, -0.2) is 0 Å². The third-order valence-electron chi connectivity index (χ3n) is 3.23. The highest BCUT2D eigenvalue weighted by Gasteiger charge is 2.31. The number of aliphatic hydroxyl groups is 1. The Hall–Kier alpha value is -1.10. The van der Waals surface area contributed by atoms with E-state index in [1.807, 2.05) is 6.92 Å². The minimum Gasteiger partial charge on any atom is -0.396 e. The fraction of sp³-hybridized carbons (Fsp3) is 0.846. The second-order valence-electron chi connectivity index (χ2n) is 4.72. The zero-order valence-corrected chi connectivity index (χ0v) is 11.2. The van der Waals surface area contributed by atoms with Crippen molar-refractivity contribution in [1.82, 2.24) is 9.80 Å². The normalized spacial score (nSPS) is 16.6. The van der Waals surface area contributed by atoms with Crippen LogP contribution in [0.4, 0.5) is 0 Å². The summed E-state index contributed by atoms with van der Waals surface area (Å²) in [5.74, 6) is -0.699. The van der Waals surface area contributed by atoms with Gasteiger partial charge < -0.3 is 14.9 Å². The smallest absolute Gasteiger partial charge is 0.312 e. The van der Waals surface area contributed by atoms with Crippen LogP contribution in [-0.4, -0.2) is 59.5 Å². The molecule has 0 aliphatic carbocycles. The Morgan fingerprint density at radius 1 is 0.944 bits per heavy atom. The molecule has 1 saturated heterocycles. The average molecular weight is 256 g/mol. The molecular formula is C13H24N2O3. The predicted octanol–water partition coefficient (Wildman–Crippen LogP) is 0.620. The van der Waals surface area contributed by atoms with Gasteiger partial charge in [-0.05, 0) is 19.3 Å². The number of nitrogens with zero attached hydrogens (tertiary/aromatic N) is 2. The Bertz CT molecular complexity index is 281. The summed E-state index contributed by atoms with van der Waals surface area (Å²) in [5, 5.41) is 8.66. The maximum atomic E-state index is 11.8. The van der Waals surface area contributed by atoms with Gasteiger partial charge in [0.2, 0.25) is 0 Å². The van der Waals surface area contributed by atoms with E-state index in [9.17, 15) is 9.59 Å². The van der Waals surface area contributed by atoms with E-state index in [0.717, 1.165) is 32.1 Å². The topological polar surface area (TPSA) is 60.9 Å². The van der Waals surface area contributed by atoms with Crippen LogP contribution in [0.3, 0.4) is 0 Å². The quantitative estimate of drug-likeness (QED) is 0.511. The number of unbranched alkanes of at least 4 members (excludes halogenated alkanes) is 3. The predicted molar refractivity (Wildman–Crippen MR) is 69.0 cm³/mol. The molecule has 0 atom stereocenters. The molecule has 104 valence electrons. The van der Waals surface area contributed by atoms with Crippen LogP contribution in [-0.2, 0) is 9.59 Å². The molecule has 1 aliphatic rings. The number of rotatable bonds is 8. The Balaban J connectivity index is 2.28. The fourth-order valence-corrected chi connectivity index (χ4v) is 2.18. The van der Waals surface area contributed by atoms with Crippen molar-refractivity contribution < 1.29 is 14.7 Å². The zero-order chi connectivity index (χ0) is 13.4. The van der Waals surface area contributed by atoms with Gasteiger partial charge in [-0.3, -0.25) is 9.59 Å². The SMILES string of the molecule is CCCN1CCN(CCCCCCO)C(=O)C1=O. The first-order chi connectivity index (χ1) is 8.70. The van der Waals surface area contributed by atoms with Crippen LogP contribution < -0.4 is 0 Å². The fourth-order valence-electron chi connectivity index (χ4n) is 2.18. The number of hydrogen-bond donors (Lipinski definition) is 1. The summed E-state index contributed by atoms with van der Waals surface area (Å²) in [4.78, 5) is 26.9. The largest absolute Gasteiger partial charge is 0.396 e. The van der Waals surface area contributed by atoms with Crippen molar-refractivity contribution in [1.29, 1.82) is 0 Å². The number of aliphatic hydroxyl groups excluding tert-OH is 1. The van der Waals surface area contributed by atoms with Gasteiger partial charge in [-0.1, -0.05) is 19.8 Å². The molecule has 0 spiro atoms. The Kier molecular flexibility index (Phi) is 6.72. The number of piperazine rings is 1. The third-order valence-corrected chi connectivity index (χ3v) is 3.23. The van der Waals surface area contributed by atoms with Gasteiger partial charge in [-0.15, -0.1) is 0 Å². The molecule has 2 amide bonds. The lowest BCUT2D eigenvalue weighted by Gasteiger charge is -2.33. The van der Waals surface area contributed by atoms with E-state index >= 15 is 0 Å². The third kappa shape index (κ3) is 4.29. The minimum atomic E-state index is -0.350. The second kappa shape index (κ2) is 8.08. The molecule has 0 radical (unpaired) electrons. The minimum absolute atomic E-state index is 0.229. The van der Waals surface area contributed by atoms with E-state index in [4.69, 9.17) is 5.11 Å². The second-order valence-corrected chi connectivity index (χ2v) is 4.72. The van der Waals surface area contributed by atoms with Crippen molar-refractivity contribution >= 4 is 11.8 Å². The lowest BCUT2D eigenvalue weighted by Crippen LogP contribution is -2.54. The summed E-state index contributed by atoms with van der Waals surface area (Å²) in [7, 11) is 0. The molecule has 0 bridgehead atoms. The number of carbonyl (C=O) groups excluding carboxylic acids is 2. The number of amides is 2. The zero-order valence-electron chi connectivity index (χ0n) is 11.2. The van der Waals surface area contributed by atoms with Crippen molar-refractivity contribution in [3.8, 4) is 0 Å². The summed E-state index contributed by atoms with van der Waals surface area (Å²) in [5.41, 5.74) is 0. The van der Waals surface area contributed by atoms with Gasteiger partial charge in [0.1, 0.15) is 0 Å². The van der Waals surface area contributed by atoms with E-state index in [-0.39, 0.29) is 18.4 Å². The molecule has 0 aromatic carbocycles. The van der Waals surface area contributed by atoms with Crippen LogP contribution in [0.25, 0.3) is 0 Å². The van der Waals surface area contributed by atoms with E-state index in [0.29, 0.717) is 26.2 Å². The van der Waals surface area contributed by atoms with Crippen molar-refractivity contribution in [3.63, 3.8) is 0 Å². The van der Waals surface area contributed by atoms with Gasteiger partial charge in [0, 0.05) is 32.8 Å². The lowest BCUT2D eigenvalue weighted by molar-refractivity contribution is -0.156. The van der Waals surface area contributed by atoms with Crippen molar-refractivity contribution in [2.75, 3.05) is 32.8 Å².